The lowest BCUT2D eigenvalue weighted by Gasteiger charge is -2.13. The van der Waals surface area contributed by atoms with Crippen molar-refractivity contribution in [2.75, 3.05) is 0 Å². The highest BCUT2D eigenvalue weighted by atomic mass is 16.5. The number of benzene rings is 1. The third kappa shape index (κ3) is 2.41. The third-order valence-corrected chi connectivity index (χ3v) is 2.61. The molecule has 1 aliphatic carbocycles. The van der Waals surface area contributed by atoms with Gasteiger partial charge < -0.3 is 4.74 Å². The Morgan fingerprint density at radius 2 is 2.13 bits per heavy atom. The monoisotopic (exact) mass is 201 g/mol. The minimum Gasteiger partial charge on any atom is -0.490 e. The topological polar surface area (TPSA) is 9.23 Å². The van der Waals surface area contributed by atoms with Crippen molar-refractivity contribution in [2.45, 2.75) is 38.7 Å². The predicted molar refractivity (Wildman–Crippen MR) is 62.2 cm³/mol. The number of hydrogen-bond acceptors (Lipinski definition) is 1. The van der Waals surface area contributed by atoms with Gasteiger partial charge in [0.15, 0.2) is 0 Å². The molecule has 0 saturated heterocycles. The van der Waals surface area contributed by atoms with E-state index >= 15 is 0 Å². The molecule has 1 saturated carbocycles. The first-order valence-electron chi connectivity index (χ1n) is 5.54. The van der Waals surface area contributed by atoms with E-state index < -0.39 is 0 Å². The van der Waals surface area contributed by atoms with Crippen molar-refractivity contribution in [3.05, 3.63) is 42.0 Å². The van der Waals surface area contributed by atoms with Crippen LogP contribution in [0.15, 0.2) is 24.8 Å². The van der Waals surface area contributed by atoms with Crippen LogP contribution < -0.4 is 4.74 Å². The van der Waals surface area contributed by atoms with E-state index in [1.807, 2.05) is 19.9 Å². The van der Waals surface area contributed by atoms with Crippen LogP contribution in [-0.2, 0) is 0 Å². The van der Waals surface area contributed by atoms with Gasteiger partial charge in [-0.1, -0.05) is 12.6 Å². The van der Waals surface area contributed by atoms with Crippen LogP contribution in [-0.4, -0.2) is 6.10 Å². The second-order valence-corrected chi connectivity index (χ2v) is 4.37. The second-order valence-electron chi connectivity index (χ2n) is 4.37. The fourth-order valence-corrected chi connectivity index (χ4v) is 1.71. The van der Waals surface area contributed by atoms with Crippen molar-refractivity contribution in [3.63, 3.8) is 0 Å². The lowest BCUT2D eigenvalue weighted by atomic mass is 10.1. The first-order chi connectivity index (χ1) is 7.20. The van der Waals surface area contributed by atoms with Gasteiger partial charge in [0.25, 0.3) is 0 Å². The van der Waals surface area contributed by atoms with Crippen molar-refractivity contribution >= 4 is 0 Å². The van der Waals surface area contributed by atoms with Gasteiger partial charge in [0.1, 0.15) is 5.75 Å². The Hall–Kier alpha value is -1.24. The Morgan fingerprint density at radius 3 is 2.67 bits per heavy atom. The maximum Gasteiger partial charge on any atom is 0.127 e. The lowest BCUT2D eigenvalue weighted by molar-refractivity contribution is 0.241. The van der Waals surface area contributed by atoms with Crippen molar-refractivity contribution in [1.82, 2.24) is 0 Å². The highest BCUT2D eigenvalue weighted by molar-refractivity contribution is 5.42. The molecule has 0 aromatic heterocycles. The van der Waals surface area contributed by atoms with Crippen LogP contribution in [0.25, 0.3) is 0 Å². The molecule has 1 aliphatic rings. The van der Waals surface area contributed by atoms with Crippen LogP contribution >= 0.6 is 0 Å². The fourth-order valence-electron chi connectivity index (χ4n) is 1.71. The Labute approximate surface area is 91.8 Å². The Balaban J connectivity index is 2.26. The molecule has 79 valence electrons. The minimum atomic E-state index is 0.198. The van der Waals surface area contributed by atoms with Crippen LogP contribution in [0, 0.1) is 6.08 Å². The van der Waals surface area contributed by atoms with Crippen molar-refractivity contribution in [2.24, 2.45) is 0 Å². The Morgan fingerprint density at radius 1 is 1.40 bits per heavy atom. The van der Waals surface area contributed by atoms with Gasteiger partial charge in [-0.2, -0.15) is 0 Å². The van der Waals surface area contributed by atoms with Crippen molar-refractivity contribution < 1.29 is 4.74 Å². The summed E-state index contributed by atoms with van der Waals surface area (Å²) in [6, 6.07) is 6.36. The maximum absolute atomic E-state index is 5.69. The fraction of sp³-hybridized carbons (Fsp3) is 0.429. The molecule has 0 heterocycles. The van der Waals surface area contributed by atoms with Crippen LogP contribution in [0.5, 0.6) is 5.75 Å². The molecule has 0 unspecified atom stereocenters. The molecule has 1 fully saturated rings. The molecule has 2 rings (SSSR count). The number of rotatable bonds is 4. The van der Waals surface area contributed by atoms with Gasteiger partial charge in [0.2, 0.25) is 0 Å². The molecular formula is C14H17O. The molecule has 0 aliphatic heterocycles. The van der Waals surface area contributed by atoms with E-state index in [9.17, 15) is 0 Å². The smallest absolute Gasteiger partial charge is 0.127 e. The zero-order valence-corrected chi connectivity index (χ0v) is 9.42. The summed E-state index contributed by atoms with van der Waals surface area (Å²) in [4.78, 5) is 0. The first-order valence-corrected chi connectivity index (χ1v) is 5.54. The molecule has 15 heavy (non-hydrogen) atoms. The molecule has 0 bridgehead atoms. The van der Waals surface area contributed by atoms with E-state index in [1.54, 1.807) is 0 Å². The zero-order chi connectivity index (χ0) is 10.8. The summed E-state index contributed by atoms with van der Waals surface area (Å²) in [5.74, 6) is 1.66. The quantitative estimate of drug-likeness (QED) is 0.722. The highest BCUT2D eigenvalue weighted by Crippen LogP contribution is 2.41. The largest absolute Gasteiger partial charge is 0.490 e. The average molecular weight is 201 g/mol. The molecule has 1 radical (unpaired) electrons. The summed E-state index contributed by atoms with van der Waals surface area (Å²) in [7, 11) is 0. The zero-order valence-electron chi connectivity index (χ0n) is 9.42. The van der Waals surface area contributed by atoms with Crippen LogP contribution in [0.2, 0.25) is 0 Å². The highest BCUT2D eigenvalue weighted by Gasteiger charge is 2.23. The average Bonchev–Trinajstić information content (AvgIpc) is 3.01. The van der Waals surface area contributed by atoms with E-state index in [0.29, 0.717) is 0 Å². The summed E-state index contributed by atoms with van der Waals surface area (Å²) in [6.07, 6.45) is 5.79. The molecule has 1 heteroatoms. The SMILES string of the molecule is C=[C]c1cc(C2CC2)ccc1OC(C)C. The summed E-state index contributed by atoms with van der Waals surface area (Å²) >= 11 is 0. The molecular weight excluding hydrogens is 184 g/mol. The Kier molecular flexibility index (Phi) is 2.81. The van der Waals surface area contributed by atoms with E-state index in [4.69, 9.17) is 4.74 Å². The van der Waals surface area contributed by atoms with Gasteiger partial charge in [-0.05, 0) is 56.4 Å². The summed E-state index contributed by atoms with van der Waals surface area (Å²) in [5.41, 5.74) is 2.39. The number of hydrogen-bond donors (Lipinski definition) is 0. The van der Waals surface area contributed by atoms with Crippen LogP contribution in [0.4, 0.5) is 0 Å². The molecule has 1 nitrogen and oxygen atoms in total. The lowest BCUT2D eigenvalue weighted by Crippen LogP contribution is -2.06. The summed E-state index contributed by atoms with van der Waals surface area (Å²) < 4.78 is 5.69. The van der Waals surface area contributed by atoms with Gasteiger partial charge in [0, 0.05) is 5.56 Å². The van der Waals surface area contributed by atoms with Crippen molar-refractivity contribution in [3.8, 4) is 5.75 Å². The van der Waals surface area contributed by atoms with Crippen LogP contribution in [0.1, 0.15) is 43.7 Å². The molecule has 1 aromatic rings. The van der Waals surface area contributed by atoms with Gasteiger partial charge >= 0.3 is 0 Å². The molecule has 0 N–H and O–H groups in total. The summed E-state index contributed by atoms with van der Waals surface area (Å²) in [5, 5.41) is 0. The molecule has 0 spiro atoms. The molecule has 0 atom stereocenters. The van der Waals surface area contributed by atoms with E-state index in [-0.39, 0.29) is 6.10 Å². The summed E-state index contributed by atoms with van der Waals surface area (Å²) in [6.45, 7) is 7.77. The molecule has 1 aromatic carbocycles. The van der Waals surface area contributed by atoms with Gasteiger partial charge in [-0.15, -0.1) is 0 Å². The van der Waals surface area contributed by atoms with Crippen LogP contribution in [0.3, 0.4) is 0 Å². The molecule has 0 amide bonds. The van der Waals surface area contributed by atoms with Gasteiger partial charge in [-0.25, -0.2) is 0 Å². The first kappa shape index (κ1) is 10.3. The normalized spacial score (nSPS) is 15.4. The third-order valence-electron chi connectivity index (χ3n) is 2.61. The second kappa shape index (κ2) is 4.09. The van der Waals surface area contributed by atoms with Gasteiger partial charge in [-0.3, -0.25) is 0 Å². The number of ether oxygens (including phenoxy) is 1. The van der Waals surface area contributed by atoms with E-state index in [2.05, 4.69) is 24.8 Å². The predicted octanol–water partition coefficient (Wildman–Crippen LogP) is 3.69. The van der Waals surface area contributed by atoms with Crippen molar-refractivity contribution in [1.29, 1.82) is 0 Å². The standard InChI is InChI=1S/C14H17O/c1-4-11-9-13(12-5-6-12)7-8-14(11)15-10(2)3/h7-10,12H,1,5-6H2,2-3H3. The van der Waals surface area contributed by atoms with Gasteiger partial charge in [0.05, 0.1) is 6.10 Å². The van der Waals surface area contributed by atoms with E-state index in [0.717, 1.165) is 17.2 Å². The maximum atomic E-state index is 5.69. The Bertz CT molecular complexity index is 362. The minimum absolute atomic E-state index is 0.198. The van der Waals surface area contributed by atoms with E-state index in [1.165, 1.54) is 18.4 Å².